The number of aliphatic hydroxyl groups is 3. The number of rotatable bonds is 42. The van der Waals surface area contributed by atoms with Crippen LogP contribution in [0, 0.1) is 0 Å². The zero-order valence-electron chi connectivity index (χ0n) is 39.1. The summed E-state index contributed by atoms with van der Waals surface area (Å²) < 4.78 is 59.1. The van der Waals surface area contributed by atoms with Gasteiger partial charge in [0.2, 0.25) is 0 Å². The molecular weight excluding hydrogens is 825 g/mol. The van der Waals surface area contributed by atoms with E-state index in [1.807, 2.05) is 6.08 Å². The van der Waals surface area contributed by atoms with Gasteiger partial charge in [-0.25, -0.2) is 4.18 Å². The summed E-state index contributed by atoms with van der Waals surface area (Å²) >= 11 is 0. The van der Waals surface area contributed by atoms with E-state index in [1.165, 1.54) is 103 Å². The summed E-state index contributed by atoms with van der Waals surface area (Å²) in [5.74, 6) is -0.454. The van der Waals surface area contributed by atoms with Crippen molar-refractivity contribution >= 4 is 16.4 Å². The molecule has 6 atom stereocenters. The number of hydrogen-bond donors (Lipinski definition) is 4. The van der Waals surface area contributed by atoms with Gasteiger partial charge in [-0.15, -0.1) is 0 Å². The van der Waals surface area contributed by atoms with Crippen LogP contribution in [0.5, 0.6) is 0 Å². The van der Waals surface area contributed by atoms with E-state index in [0.717, 1.165) is 51.4 Å². The van der Waals surface area contributed by atoms with E-state index in [2.05, 4.69) is 72.7 Å². The number of allylic oxidation sites excluding steroid dienone is 10. The number of carbonyl (C=O) groups is 1. The van der Waals surface area contributed by atoms with Crippen LogP contribution >= 0.6 is 0 Å². The fourth-order valence-corrected chi connectivity index (χ4v) is 7.75. The van der Waals surface area contributed by atoms with Crippen molar-refractivity contribution in [2.24, 2.45) is 0 Å². The highest BCUT2D eigenvalue weighted by molar-refractivity contribution is 7.80. The van der Waals surface area contributed by atoms with Crippen LogP contribution in [0.2, 0.25) is 0 Å². The Labute approximate surface area is 382 Å². The summed E-state index contributed by atoms with van der Waals surface area (Å²) in [5, 5.41) is 30.7. The third kappa shape index (κ3) is 34.8. The lowest BCUT2D eigenvalue weighted by Crippen LogP contribution is -2.60. The lowest BCUT2D eigenvalue weighted by atomic mass is 9.99. The average Bonchev–Trinajstić information content (AvgIpc) is 3.26. The van der Waals surface area contributed by atoms with Gasteiger partial charge in [0.1, 0.15) is 30.5 Å². The van der Waals surface area contributed by atoms with Gasteiger partial charge >= 0.3 is 16.4 Å². The summed E-state index contributed by atoms with van der Waals surface area (Å²) in [6.45, 7) is 3.82. The van der Waals surface area contributed by atoms with E-state index in [1.54, 1.807) is 0 Å². The molecule has 0 spiro atoms. The van der Waals surface area contributed by atoms with Crippen LogP contribution in [0.3, 0.4) is 0 Å². The van der Waals surface area contributed by atoms with E-state index >= 15 is 0 Å². The maximum absolute atomic E-state index is 12.9. The minimum atomic E-state index is -5.07. The van der Waals surface area contributed by atoms with Gasteiger partial charge < -0.3 is 34.3 Å². The summed E-state index contributed by atoms with van der Waals surface area (Å²) in [7, 11) is -5.07. The van der Waals surface area contributed by atoms with Crippen molar-refractivity contribution in [2.45, 2.75) is 224 Å². The average molecular weight is 913 g/mol. The van der Waals surface area contributed by atoms with Gasteiger partial charge in [-0.1, -0.05) is 190 Å². The molecule has 0 radical (unpaired) electrons. The molecule has 366 valence electrons. The molecule has 1 aliphatic rings. The summed E-state index contributed by atoms with van der Waals surface area (Å²) in [4.78, 5) is 12.9. The predicted octanol–water partition coefficient (Wildman–Crippen LogP) is 10.9. The maximum atomic E-state index is 12.9. The molecule has 0 aromatic carbocycles. The second-order valence-corrected chi connectivity index (χ2v) is 17.7. The lowest BCUT2D eigenvalue weighted by molar-refractivity contribution is -0.301. The number of ether oxygens (including phenoxy) is 4. The van der Waals surface area contributed by atoms with Crippen molar-refractivity contribution in [3.63, 3.8) is 0 Å². The van der Waals surface area contributed by atoms with E-state index in [0.29, 0.717) is 19.4 Å². The molecule has 0 bridgehead atoms. The van der Waals surface area contributed by atoms with E-state index in [4.69, 9.17) is 18.9 Å². The molecule has 0 saturated carbocycles. The number of esters is 1. The fraction of sp³-hybridized carbons (Fsp3) is 0.780. The van der Waals surface area contributed by atoms with Crippen molar-refractivity contribution in [1.82, 2.24) is 0 Å². The van der Waals surface area contributed by atoms with Gasteiger partial charge in [0.15, 0.2) is 6.29 Å². The number of aliphatic hydroxyl groups excluding tert-OH is 3. The van der Waals surface area contributed by atoms with Gasteiger partial charge in [0.05, 0.1) is 19.8 Å². The third-order valence-corrected chi connectivity index (χ3v) is 11.4. The quantitative estimate of drug-likeness (QED) is 0.0197. The van der Waals surface area contributed by atoms with Crippen molar-refractivity contribution < 1.29 is 56.2 Å². The first-order chi connectivity index (χ1) is 30.6. The Balaban J connectivity index is 2.42. The minimum Gasteiger partial charge on any atom is -0.457 e. The number of hydrogen-bond acceptors (Lipinski definition) is 11. The molecule has 4 N–H and O–H groups in total. The van der Waals surface area contributed by atoms with Crippen LogP contribution in [0.25, 0.3) is 0 Å². The first-order valence-electron chi connectivity index (χ1n) is 24.5. The molecule has 63 heavy (non-hydrogen) atoms. The van der Waals surface area contributed by atoms with Crippen LogP contribution in [0.15, 0.2) is 60.8 Å². The maximum Gasteiger partial charge on any atom is 0.397 e. The molecule has 13 heteroatoms. The second-order valence-electron chi connectivity index (χ2n) is 16.7. The zero-order chi connectivity index (χ0) is 46.1. The van der Waals surface area contributed by atoms with Crippen molar-refractivity contribution in [2.75, 3.05) is 26.4 Å². The predicted molar refractivity (Wildman–Crippen MR) is 253 cm³/mol. The summed E-state index contributed by atoms with van der Waals surface area (Å²) in [6, 6.07) is 0. The summed E-state index contributed by atoms with van der Waals surface area (Å²) in [5.41, 5.74) is 0. The molecule has 1 fully saturated rings. The Hall–Kier alpha value is -2.20. The molecule has 1 rings (SSSR count). The van der Waals surface area contributed by atoms with Gasteiger partial charge in [-0.3, -0.25) is 9.35 Å². The van der Waals surface area contributed by atoms with Crippen LogP contribution in [-0.4, -0.2) is 97.5 Å². The van der Waals surface area contributed by atoms with Gasteiger partial charge in [0.25, 0.3) is 0 Å². The van der Waals surface area contributed by atoms with Gasteiger partial charge in [-0.05, 0) is 51.4 Å². The zero-order valence-corrected chi connectivity index (χ0v) is 39.9. The molecule has 0 aliphatic carbocycles. The molecule has 1 heterocycles. The van der Waals surface area contributed by atoms with Crippen LogP contribution in [0.4, 0.5) is 0 Å². The minimum absolute atomic E-state index is 0.0133. The largest absolute Gasteiger partial charge is 0.457 e. The first-order valence-corrected chi connectivity index (χ1v) is 25.9. The van der Waals surface area contributed by atoms with Crippen molar-refractivity contribution in [3.8, 4) is 0 Å². The molecule has 1 aliphatic heterocycles. The molecule has 1 saturated heterocycles. The Morgan fingerprint density at radius 1 is 0.619 bits per heavy atom. The van der Waals surface area contributed by atoms with E-state index in [9.17, 15) is 33.1 Å². The van der Waals surface area contributed by atoms with Crippen LogP contribution in [-0.2, 0) is 38.3 Å². The smallest absolute Gasteiger partial charge is 0.397 e. The standard InChI is InChI=1S/C50H88O12S/c1-3-5-7-9-11-13-15-17-19-21-22-24-26-28-30-32-34-36-38-40-58-42-44(43-59-50-48(54)49(62-63(55,56)57)47(53)45(41-51)61-50)60-46(52)39-37-35-33-31-29-27-25-23-20-18-16-14-12-10-8-6-4-2/h6,8,12,14,18,20,25,27,31,33,44-45,47-51,53-54H,3-5,7,9-11,13,15-17,19,21-24,26,28-30,32,34-43H2,1-2H3,(H,55,56,57)/b8-6-,14-12-,20-18-,27-25-,33-31-. The summed E-state index contributed by atoms with van der Waals surface area (Å²) in [6.07, 6.45) is 42.6. The highest BCUT2D eigenvalue weighted by atomic mass is 32.3. The molecule has 0 aromatic heterocycles. The first kappa shape index (κ1) is 58.8. The van der Waals surface area contributed by atoms with Gasteiger partial charge in [0, 0.05) is 13.0 Å². The van der Waals surface area contributed by atoms with E-state index < -0.39 is 59.8 Å². The second kappa shape index (κ2) is 41.2. The molecule has 0 aromatic rings. The lowest BCUT2D eigenvalue weighted by Gasteiger charge is -2.41. The fourth-order valence-electron chi connectivity index (χ4n) is 7.24. The Morgan fingerprint density at radius 2 is 1.08 bits per heavy atom. The third-order valence-electron chi connectivity index (χ3n) is 10.9. The Bertz CT molecular complexity index is 1330. The SMILES string of the molecule is CC/C=C\C/C=C\C/C=C\C/C=C\C/C=C\CCCC(=O)OC(COCCCCCCCCCCCCCCCCCCCCC)COC1OC(CO)C(O)C(OS(=O)(=O)O)C1O. The molecular formula is C50H88O12S. The molecule has 6 unspecified atom stereocenters. The van der Waals surface area contributed by atoms with Crippen molar-refractivity contribution in [1.29, 1.82) is 0 Å². The van der Waals surface area contributed by atoms with Gasteiger partial charge in [-0.2, -0.15) is 8.42 Å². The van der Waals surface area contributed by atoms with Crippen molar-refractivity contribution in [3.05, 3.63) is 60.8 Å². The Morgan fingerprint density at radius 3 is 1.54 bits per heavy atom. The van der Waals surface area contributed by atoms with Crippen LogP contribution in [0.1, 0.15) is 187 Å². The molecule has 12 nitrogen and oxygen atoms in total. The highest BCUT2D eigenvalue weighted by Crippen LogP contribution is 2.26. The number of carbonyl (C=O) groups excluding carboxylic acids is 1. The van der Waals surface area contributed by atoms with Crippen LogP contribution < -0.4 is 0 Å². The number of unbranched alkanes of at least 4 members (excludes halogenated alkanes) is 19. The van der Waals surface area contributed by atoms with E-state index in [-0.39, 0.29) is 19.6 Å². The topological polar surface area (TPSA) is 178 Å². The normalized spacial score (nSPS) is 20.4. The highest BCUT2D eigenvalue weighted by Gasteiger charge is 2.48. The molecule has 0 amide bonds. The Kier molecular flexibility index (Phi) is 38.5. The monoisotopic (exact) mass is 913 g/mol.